The number of nitrogens with zero attached hydrogens (tertiary/aromatic N) is 2. The Hall–Kier alpha value is -6.42. The molecule has 10 nitrogen and oxygen atoms in total. The van der Waals surface area contributed by atoms with Crippen LogP contribution in [0.15, 0.2) is 119 Å². The van der Waals surface area contributed by atoms with Gasteiger partial charge in [0.05, 0.1) is 48.9 Å². The molecule has 0 N–H and O–H groups in total. The third-order valence-corrected chi connectivity index (χ3v) is 16.1. The Kier molecular flexibility index (Phi) is 39.1. The van der Waals surface area contributed by atoms with Gasteiger partial charge in [0.15, 0.2) is 23.0 Å². The fourth-order valence-corrected chi connectivity index (χ4v) is 10.6. The molecule has 5 aromatic rings. The minimum atomic E-state index is -0.547. The van der Waals surface area contributed by atoms with Crippen molar-refractivity contribution < 1.29 is 38.0 Å². The lowest BCUT2D eigenvalue weighted by atomic mass is 10.1. The van der Waals surface area contributed by atoms with Crippen LogP contribution in [-0.4, -0.2) is 50.8 Å². The van der Waals surface area contributed by atoms with Gasteiger partial charge in [-0.1, -0.05) is 233 Å². The Morgan fingerprint density at radius 2 is 0.545 bits per heavy atom. The van der Waals surface area contributed by atoms with Gasteiger partial charge >= 0.3 is 11.9 Å². The van der Waals surface area contributed by atoms with Gasteiger partial charge in [-0.05, 0) is 146 Å². The highest BCUT2D eigenvalue weighted by molar-refractivity contribution is 5.95. The number of carbonyl (C=O) groups excluding carboxylic acids is 2. The molecule has 0 heterocycles. The molecule has 0 radical (unpaired) electrons. The zero-order valence-electron chi connectivity index (χ0n) is 55.0. The number of aliphatic imine (C=N–C) groups is 2. The minimum absolute atomic E-state index is 0.297. The predicted molar refractivity (Wildman–Crippen MR) is 368 cm³/mol. The molecular formula is C78H112N2O8. The monoisotopic (exact) mass is 1200 g/mol. The Balaban J connectivity index is 1.08. The maximum atomic E-state index is 13.2. The van der Waals surface area contributed by atoms with Crippen molar-refractivity contribution in [3.05, 3.63) is 131 Å². The van der Waals surface area contributed by atoms with Crippen LogP contribution in [0.2, 0.25) is 0 Å². The molecule has 0 aliphatic rings. The molecule has 0 unspecified atom stereocenters. The summed E-state index contributed by atoms with van der Waals surface area (Å²) in [5, 5.41) is 0. The fraction of sp³-hybridized carbons (Fsp3) is 0.564. The van der Waals surface area contributed by atoms with E-state index in [0.29, 0.717) is 60.4 Å². The topological polar surface area (TPSA) is 114 Å². The second-order valence-electron chi connectivity index (χ2n) is 24.0. The summed E-state index contributed by atoms with van der Waals surface area (Å²) in [5.41, 5.74) is 3.81. The second kappa shape index (κ2) is 47.6. The number of carbonyl (C=O) groups is 2. The van der Waals surface area contributed by atoms with E-state index in [4.69, 9.17) is 38.4 Å². The van der Waals surface area contributed by atoms with Crippen molar-refractivity contribution in [1.82, 2.24) is 0 Å². The number of unbranched alkanes of at least 4 members (excludes halogenated alkanes) is 32. The van der Waals surface area contributed by atoms with E-state index >= 15 is 0 Å². The van der Waals surface area contributed by atoms with Crippen LogP contribution in [-0.2, 0) is 0 Å². The molecule has 0 saturated heterocycles. The van der Waals surface area contributed by atoms with Gasteiger partial charge in [-0.2, -0.15) is 0 Å². The van der Waals surface area contributed by atoms with Crippen LogP contribution >= 0.6 is 0 Å². The van der Waals surface area contributed by atoms with Gasteiger partial charge in [0.25, 0.3) is 0 Å². The summed E-state index contributed by atoms with van der Waals surface area (Å²) in [6.45, 7) is 11.7. The van der Waals surface area contributed by atoms with Gasteiger partial charge in [-0.3, -0.25) is 9.98 Å². The molecule has 88 heavy (non-hydrogen) atoms. The molecule has 0 fully saturated rings. The lowest BCUT2D eigenvalue weighted by Gasteiger charge is -2.14. The van der Waals surface area contributed by atoms with E-state index in [-0.39, 0.29) is 0 Å². The molecule has 0 spiro atoms. The average Bonchev–Trinajstić information content (AvgIpc) is 3.75. The second-order valence-corrected chi connectivity index (χ2v) is 24.0. The first-order chi connectivity index (χ1) is 43.4. The third kappa shape index (κ3) is 32.2. The van der Waals surface area contributed by atoms with Crippen molar-refractivity contribution in [2.24, 2.45) is 9.98 Å². The standard InChI is InChI=1S/C78H112N2O8/c1-5-9-13-17-21-25-29-33-37-57-83-73-55-41-65(61-75(73)85-59-39-35-31-27-23-19-15-11-7-3)63-79-69-47-51-71(52-48-69)87-77(81)67-43-45-68(46-44-67)78(82)88-72-53-49-70(50-54-72)80-64-66-42-56-74(84-58-38-34-30-26-22-18-14-10-6-2)76(62-66)86-60-40-36-32-28-24-20-16-12-8-4/h41-56,61-64H,5-40,57-60H2,1-4H3. The maximum Gasteiger partial charge on any atom is 0.343 e. The number of esters is 2. The van der Waals surface area contributed by atoms with Crippen molar-refractivity contribution in [2.75, 3.05) is 26.4 Å². The SMILES string of the molecule is CCCCCCCCCCCOc1ccc(C=Nc2ccc(OC(=O)c3ccc(C(=O)Oc4ccc(N=Cc5ccc(OCCCCCCCCCCC)c(OCCCCCCCCCCC)c5)cc4)cc3)cc2)cc1OCCCCCCCCCCC. The first kappa shape index (κ1) is 72.3. The summed E-state index contributed by atoms with van der Waals surface area (Å²) in [4.78, 5) is 35.8. The quantitative estimate of drug-likeness (QED) is 0.0164. The average molecular weight is 1210 g/mol. The van der Waals surface area contributed by atoms with Crippen LogP contribution in [0.3, 0.4) is 0 Å². The Bertz CT molecular complexity index is 2460. The zero-order chi connectivity index (χ0) is 62.2. The Labute approximate surface area is 532 Å². The summed E-state index contributed by atoms with van der Waals surface area (Å²) in [6.07, 6.45) is 49.2. The normalized spacial score (nSPS) is 11.4. The van der Waals surface area contributed by atoms with E-state index in [1.165, 1.54) is 193 Å². The molecule has 0 atom stereocenters. The Morgan fingerprint density at radius 3 is 0.818 bits per heavy atom. The van der Waals surface area contributed by atoms with Crippen LogP contribution < -0.4 is 28.4 Å². The summed E-state index contributed by atoms with van der Waals surface area (Å²) in [6, 6.07) is 32.3. The summed E-state index contributed by atoms with van der Waals surface area (Å²) in [7, 11) is 0. The van der Waals surface area contributed by atoms with E-state index in [1.807, 2.05) is 48.8 Å². The minimum Gasteiger partial charge on any atom is -0.490 e. The van der Waals surface area contributed by atoms with E-state index in [2.05, 4.69) is 27.7 Å². The van der Waals surface area contributed by atoms with E-state index < -0.39 is 11.9 Å². The van der Waals surface area contributed by atoms with Crippen LogP contribution in [0.5, 0.6) is 34.5 Å². The number of hydrogen-bond acceptors (Lipinski definition) is 10. The van der Waals surface area contributed by atoms with Crippen LogP contribution in [0.4, 0.5) is 11.4 Å². The first-order valence-corrected chi connectivity index (χ1v) is 35.0. The molecule has 10 heteroatoms. The zero-order valence-corrected chi connectivity index (χ0v) is 55.0. The van der Waals surface area contributed by atoms with Crippen molar-refractivity contribution in [3.8, 4) is 34.5 Å². The molecule has 0 aromatic heterocycles. The van der Waals surface area contributed by atoms with E-state index in [0.717, 1.165) is 72.6 Å². The molecular weight excluding hydrogens is 1090 g/mol. The molecule has 0 aliphatic carbocycles. The fourth-order valence-electron chi connectivity index (χ4n) is 10.6. The van der Waals surface area contributed by atoms with Gasteiger partial charge in [0.1, 0.15) is 11.5 Å². The molecule has 5 aromatic carbocycles. The van der Waals surface area contributed by atoms with Crippen molar-refractivity contribution in [2.45, 2.75) is 259 Å². The predicted octanol–water partition coefficient (Wildman–Crippen LogP) is 23.3. The smallest absolute Gasteiger partial charge is 0.343 e. The van der Waals surface area contributed by atoms with Crippen LogP contribution in [0.1, 0.15) is 291 Å². The van der Waals surface area contributed by atoms with Crippen molar-refractivity contribution >= 4 is 35.7 Å². The number of hydrogen-bond donors (Lipinski definition) is 0. The number of ether oxygens (including phenoxy) is 6. The van der Waals surface area contributed by atoms with Crippen molar-refractivity contribution in [3.63, 3.8) is 0 Å². The van der Waals surface area contributed by atoms with Gasteiger partial charge in [-0.25, -0.2) is 9.59 Å². The first-order valence-electron chi connectivity index (χ1n) is 35.0. The molecule has 0 aliphatic heterocycles. The lowest BCUT2D eigenvalue weighted by molar-refractivity contribution is 0.0720. The van der Waals surface area contributed by atoms with Gasteiger partial charge in [0, 0.05) is 12.4 Å². The highest BCUT2D eigenvalue weighted by Crippen LogP contribution is 2.32. The van der Waals surface area contributed by atoms with Gasteiger partial charge in [0.2, 0.25) is 0 Å². The van der Waals surface area contributed by atoms with E-state index in [9.17, 15) is 9.59 Å². The molecule has 0 saturated carbocycles. The number of benzene rings is 5. The van der Waals surface area contributed by atoms with Crippen LogP contribution in [0, 0.1) is 0 Å². The Morgan fingerprint density at radius 1 is 0.295 bits per heavy atom. The highest BCUT2D eigenvalue weighted by atomic mass is 16.5. The molecule has 5 rings (SSSR count). The summed E-state index contributed by atoms with van der Waals surface area (Å²) >= 11 is 0. The van der Waals surface area contributed by atoms with Crippen LogP contribution in [0.25, 0.3) is 0 Å². The lowest BCUT2D eigenvalue weighted by Crippen LogP contribution is -2.11. The largest absolute Gasteiger partial charge is 0.490 e. The molecule has 0 bridgehead atoms. The van der Waals surface area contributed by atoms with Gasteiger partial charge in [-0.15, -0.1) is 0 Å². The molecule has 482 valence electrons. The maximum absolute atomic E-state index is 13.2. The third-order valence-electron chi connectivity index (χ3n) is 16.1. The van der Waals surface area contributed by atoms with E-state index in [1.54, 1.807) is 72.8 Å². The summed E-state index contributed by atoms with van der Waals surface area (Å²) < 4.78 is 36.7. The summed E-state index contributed by atoms with van der Waals surface area (Å²) in [5.74, 6) is 2.71. The number of rotatable bonds is 52. The molecule has 0 amide bonds. The van der Waals surface area contributed by atoms with Crippen molar-refractivity contribution in [1.29, 1.82) is 0 Å². The van der Waals surface area contributed by atoms with Gasteiger partial charge < -0.3 is 28.4 Å². The highest BCUT2D eigenvalue weighted by Gasteiger charge is 2.14.